The predicted molar refractivity (Wildman–Crippen MR) is 111 cm³/mol. The van der Waals surface area contributed by atoms with E-state index in [1.54, 1.807) is 12.1 Å². The summed E-state index contributed by atoms with van der Waals surface area (Å²) in [6.07, 6.45) is 0. The van der Waals surface area contributed by atoms with Crippen LogP contribution in [0.2, 0.25) is 0 Å². The number of halogens is 3. The number of rotatable bonds is 10. The lowest BCUT2D eigenvalue weighted by Gasteiger charge is -2.16. The van der Waals surface area contributed by atoms with Crippen LogP contribution >= 0.6 is 0 Å². The highest BCUT2D eigenvalue weighted by Crippen LogP contribution is 2.38. The Bertz CT molecular complexity index is 869. The number of hydrogen-bond acceptors (Lipinski definition) is 5. The lowest BCUT2D eigenvalue weighted by molar-refractivity contribution is -0.0506. The smallest absolute Gasteiger partial charge is 0.387 e. The topological polar surface area (TPSA) is 73.3 Å². The van der Waals surface area contributed by atoms with E-state index in [1.165, 1.54) is 39.5 Å². The normalized spacial score (nSPS) is 11.3. The Morgan fingerprint density at radius 2 is 1.68 bits per heavy atom. The molecule has 0 saturated carbocycles. The SMILES string of the molecule is CCNC(=NCc1cc(OC)c(OC)c(OC)c1)NCc1c(F)cccc1OC(F)F. The van der Waals surface area contributed by atoms with Gasteiger partial charge in [-0.15, -0.1) is 0 Å². The zero-order chi connectivity index (χ0) is 22.8. The quantitative estimate of drug-likeness (QED) is 0.433. The van der Waals surface area contributed by atoms with Crippen molar-refractivity contribution >= 4 is 5.96 Å². The Hall–Kier alpha value is -3.30. The number of benzene rings is 2. The van der Waals surface area contributed by atoms with E-state index in [0.29, 0.717) is 29.8 Å². The summed E-state index contributed by atoms with van der Waals surface area (Å²) in [7, 11) is 4.55. The van der Waals surface area contributed by atoms with E-state index >= 15 is 0 Å². The molecule has 0 unspecified atom stereocenters. The molecule has 0 fully saturated rings. The molecule has 0 aliphatic heterocycles. The minimum absolute atomic E-state index is 0.0267. The summed E-state index contributed by atoms with van der Waals surface area (Å²) in [5.74, 6) is 0.917. The van der Waals surface area contributed by atoms with E-state index in [2.05, 4.69) is 20.4 Å². The van der Waals surface area contributed by atoms with Gasteiger partial charge in [0.1, 0.15) is 11.6 Å². The van der Waals surface area contributed by atoms with Gasteiger partial charge in [0.15, 0.2) is 17.5 Å². The van der Waals surface area contributed by atoms with Crippen molar-refractivity contribution in [3.63, 3.8) is 0 Å². The third kappa shape index (κ3) is 6.59. The molecule has 0 spiro atoms. The first-order chi connectivity index (χ1) is 14.9. The zero-order valence-corrected chi connectivity index (χ0v) is 17.8. The summed E-state index contributed by atoms with van der Waals surface area (Å²) in [4.78, 5) is 4.46. The van der Waals surface area contributed by atoms with Crippen molar-refractivity contribution in [1.82, 2.24) is 10.6 Å². The van der Waals surface area contributed by atoms with Crippen molar-refractivity contribution in [1.29, 1.82) is 0 Å². The molecule has 31 heavy (non-hydrogen) atoms. The second-order valence-electron chi connectivity index (χ2n) is 6.18. The monoisotopic (exact) mass is 441 g/mol. The van der Waals surface area contributed by atoms with Crippen LogP contribution in [0, 0.1) is 5.82 Å². The molecule has 0 aliphatic rings. The van der Waals surface area contributed by atoms with E-state index in [4.69, 9.17) is 14.2 Å². The van der Waals surface area contributed by atoms with E-state index in [-0.39, 0.29) is 24.4 Å². The van der Waals surface area contributed by atoms with E-state index in [0.717, 1.165) is 5.56 Å². The molecular formula is C21H26F3N3O4. The molecule has 2 rings (SSSR count). The molecule has 0 saturated heterocycles. The van der Waals surface area contributed by atoms with Gasteiger partial charge in [-0.25, -0.2) is 9.38 Å². The standard InChI is InChI=1S/C21H26F3N3O4/c1-5-25-21(27-12-14-15(22)7-6-8-16(14)31-20(23)24)26-11-13-9-17(28-2)19(30-4)18(10-13)29-3/h6-10,20H,5,11-12H2,1-4H3,(H2,25,26,27). The van der Waals surface area contributed by atoms with Gasteiger partial charge in [0, 0.05) is 18.7 Å². The van der Waals surface area contributed by atoms with Gasteiger partial charge in [0.05, 0.1) is 27.9 Å². The average Bonchev–Trinajstić information content (AvgIpc) is 2.75. The van der Waals surface area contributed by atoms with Gasteiger partial charge in [0.2, 0.25) is 5.75 Å². The number of methoxy groups -OCH3 is 3. The first-order valence-electron chi connectivity index (χ1n) is 9.46. The summed E-state index contributed by atoms with van der Waals surface area (Å²) < 4.78 is 59.8. The summed E-state index contributed by atoms with van der Waals surface area (Å²) in [5.41, 5.74) is 0.750. The van der Waals surface area contributed by atoms with Gasteiger partial charge < -0.3 is 29.6 Å². The summed E-state index contributed by atoms with van der Waals surface area (Å²) in [6.45, 7) is -0.508. The molecule has 0 heterocycles. The molecule has 0 aromatic heterocycles. The van der Waals surface area contributed by atoms with Crippen molar-refractivity contribution < 1.29 is 32.1 Å². The van der Waals surface area contributed by atoms with Crippen molar-refractivity contribution in [3.8, 4) is 23.0 Å². The molecule has 2 N–H and O–H groups in total. The van der Waals surface area contributed by atoms with Crippen LogP contribution in [0.1, 0.15) is 18.1 Å². The third-order valence-corrected chi connectivity index (χ3v) is 4.21. The number of guanidine groups is 1. The molecule has 2 aromatic rings. The molecule has 2 aromatic carbocycles. The number of hydrogen-bond donors (Lipinski definition) is 2. The van der Waals surface area contributed by atoms with E-state index < -0.39 is 12.4 Å². The number of nitrogens with one attached hydrogen (secondary N) is 2. The fraction of sp³-hybridized carbons (Fsp3) is 0.381. The fourth-order valence-corrected chi connectivity index (χ4v) is 2.83. The second-order valence-corrected chi connectivity index (χ2v) is 6.18. The third-order valence-electron chi connectivity index (χ3n) is 4.21. The number of nitrogens with zero attached hydrogens (tertiary/aromatic N) is 1. The largest absolute Gasteiger partial charge is 0.493 e. The Morgan fingerprint density at radius 3 is 2.23 bits per heavy atom. The number of alkyl halides is 2. The predicted octanol–water partition coefficient (Wildman–Crippen LogP) is 3.71. The second kappa shape index (κ2) is 11.8. The number of aliphatic imine (C=N–C) groups is 1. The van der Waals surface area contributed by atoms with Crippen molar-refractivity contribution in [2.45, 2.75) is 26.6 Å². The average molecular weight is 441 g/mol. The number of ether oxygens (including phenoxy) is 4. The molecular weight excluding hydrogens is 415 g/mol. The zero-order valence-electron chi connectivity index (χ0n) is 17.8. The van der Waals surface area contributed by atoms with Gasteiger partial charge in [-0.1, -0.05) is 6.07 Å². The molecule has 170 valence electrons. The summed E-state index contributed by atoms with van der Waals surface area (Å²) in [5, 5.41) is 5.95. The maximum Gasteiger partial charge on any atom is 0.387 e. The van der Waals surface area contributed by atoms with E-state index in [9.17, 15) is 13.2 Å². The first-order valence-corrected chi connectivity index (χ1v) is 9.46. The maximum atomic E-state index is 14.2. The van der Waals surface area contributed by atoms with Gasteiger partial charge in [-0.05, 0) is 36.8 Å². The summed E-state index contributed by atoms with van der Waals surface area (Å²) in [6, 6.07) is 7.29. The fourth-order valence-electron chi connectivity index (χ4n) is 2.83. The van der Waals surface area contributed by atoms with Crippen LogP contribution in [0.5, 0.6) is 23.0 Å². The molecule has 10 heteroatoms. The van der Waals surface area contributed by atoms with Crippen molar-refractivity contribution in [2.24, 2.45) is 4.99 Å². The first kappa shape index (κ1) is 24.0. The van der Waals surface area contributed by atoms with Crippen LogP contribution in [0.25, 0.3) is 0 Å². The highest BCUT2D eigenvalue weighted by Gasteiger charge is 2.15. The molecule has 0 radical (unpaired) electrons. The van der Waals surface area contributed by atoms with Gasteiger partial charge in [0.25, 0.3) is 0 Å². The maximum absolute atomic E-state index is 14.2. The molecule has 0 atom stereocenters. The van der Waals surface area contributed by atoms with E-state index in [1.807, 2.05) is 6.92 Å². The Morgan fingerprint density at radius 1 is 1.00 bits per heavy atom. The van der Waals surface area contributed by atoms with Crippen LogP contribution in [-0.2, 0) is 13.1 Å². The van der Waals surface area contributed by atoms with Gasteiger partial charge >= 0.3 is 6.61 Å². The van der Waals surface area contributed by atoms with Crippen LogP contribution in [-0.4, -0.2) is 40.4 Å². The van der Waals surface area contributed by atoms with Crippen LogP contribution in [0.15, 0.2) is 35.3 Å². The minimum atomic E-state index is -3.05. The van der Waals surface area contributed by atoms with Crippen LogP contribution < -0.4 is 29.6 Å². The van der Waals surface area contributed by atoms with Crippen LogP contribution in [0.4, 0.5) is 13.2 Å². The Kier molecular flexibility index (Phi) is 9.11. The molecule has 0 bridgehead atoms. The highest BCUT2D eigenvalue weighted by molar-refractivity contribution is 5.79. The van der Waals surface area contributed by atoms with Crippen LogP contribution in [0.3, 0.4) is 0 Å². The Labute approximate surface area is 179 Å². The molecule has 0 aliphatic carbocycles. The molecule has 0 amide bonds. The summed E-state index contributed by atoms with van der Waals surface area (Å²) >= 11 is 0. The minimum Gasteiger partial charge on any atom is -0.493 e. The molecule has 7 nitrogen and oxygen atoms in total. The van der Waals surface area contributed by atoms with Gasteiger partial charge in [-0.2, -0.15) is 8.78 Å². The lowest BCUT2D eigenvalue weighted by atomic mass is 10.2. The lowest BCUT2D eigenvalue weighted by Crippen LogP contribution is -2.37. The van der Waals surface area contributed by atoms with Crippen molar-refractivity contribution in [3.05, 3.63) is 47.3 Å². The van der Waals surface area contributed by atoms with Gasteiger partial charge in [-0.3, -0.25) is 0 Å². The Balaban J connectivity index is 2.20. The van der Waals surface area contributed by atoms with Crippen molar-refractivity contribution in [2.75, 3.05) is 27.9 Å². The highest BCUT2D eigenvalue weighted by atomic mass is 19.3.